The summed E-state index contributed by atoms with van der Waals surface area (Å²) in [6, 6.07) is 15.2. The zero-order valence-electron chi connectivity index (χ0n) is 19.6. The summed E-state index contributed by atoms with van der Waals surface area (Å²) in [7, 11) is 0. The molecule has 1 saturated heterocycles. The van der Waals surface area contributed by atoms with Crippen LogP contribution in [0.3, 0.4) is 0 Å². The van der Waals surface area contributed by atoms with Crippen molar-refractivity contribution in [2.24, 2.45) is 0 Å². The van der Waals surface area contributed by atoms with Crippen LogP contribution >= 0.6 is 0 Å². The van der Waals surface area contributed by atoms with Gasteiger partial charge in [0.2, 0.25) is 0 Å². The first-order valence-electron chi connectivity index (χ1n) is 11.8. The monoisotopic (exact) mass is 507 g/mol. The van der Waals surface area contributed by atoms with E-state index in [1.165, 1.54) is 6.07 Å². The number of nitrogens with one attached hydrogen (secondary N) is 1. The van der Waals surface area contributed by atoms with Crippen LogP contribution in [-0.4, -0.2) is 29.6 Å². The standard InChI is InChI=1S/C28H23F2NO6/c29-23-13-21(26-22(25(23)30)12-20(14-32)36-26)17-6-8-19(9-7-17)35-15-16-3-1-4-18(11-16)27(33)37-28(34)24-5-2-10-31-24/h1,3-4,6-9,11-13,24,31-32H,2,5,10,14-15H2/t24-/m0/s1. The summed E-state index contributed by atoms with van der Waals surface area (Å²) >= 11 is 0. The molecule has 1 aliphatic heterocycles. The highest BCUT2D eigenvalue weighted by atomic mass is 19.2. The van der Waals surface area contributed by atoms with Crippen molar-refractivity contribution in [2.75, 3.05) is 6.54 Å². The minimum Gasteiger partial charge on any atom is -0.489 e. The van der Waals surface area contributed by atoms with Gasteiger partial charge in [-0.05, 0) is 66.9 Å². The van der Waals surface area contributed by atoms with E-state index in [0.717, 1.165) is 19.0 Å². The van der Waals surface area contributed by atoms with Gasteiger partial charge in [-0.3, -0.25) is 0 Å². The van der Waals surface area contributed by atoms with Gasteiger partial charge in [-0.15, -0.1) is 0 Å². The summed E-state index contributed by atoms with van der Waals surface area (Å²) in [5, 5.41) is 12.3. The smallest absolute Gasteiger partial charge is 0.345 e. The van der Waals surface area contributed by atoms with Crippen LogP contribution in [0.25, 0.3) is 22.1 Å². The van der Waals surface area contributed by atoms with Crippen LogP contribution < -0.4 is 10.1 Å². The predicted octanol–water partition coefficient (Wildman–Crippen LogP) is 4.88. The Morgan fingerprint density at radius 3 is 2.62 bits per heavy atom. The Kier molecular flexibility index (Phi) is 6.98. The molecule has 1 aliphatic rings. The molecule has 1 fully saturated rings. The molecule has 2 heterocycles. The maximum absolute atomic E-state index is 14.2. The number of aliphatic hydroxyl groups is 1. The minimum absolute atomic E-state index is 0.0426. The van der Waals surface area contributed by atoms with Crippen LogP contribution in [0.4, 0.5) is 8.78 Å². The Morgan fingerprint density at radius 1 is 1.08 bits per heavy atom. The lowest BCUT2D eigenvalue weighted by molar-refractivity contribution is -0.139. The first-order chi connectivity index (χ1) is 17.9. The van der Waals surface area contributed by atoms with E-state index in [0.29, 0.717) is 28.9 Å². The average molecular weight is 507 g/mol. The highest BCUT2D eigenvalue weighted by Gasteiger charge is 2.26. The average Bonchev–Trinajstić information content (AvgIpc) is 3.61. The van der Waals surface area contributed by atoms with Gasteiger partial charge in [-0.1, -0.05) is 24.3 Å². The Balaban J connectivity index is 1.26. The molecule has 0 amide bonds. The van der Waals surface area contributed by atoms with Gasteiger partial charge >= 0.3 is 11.9 Å². The van der Waals surface area contributed by atoms with Crippen LogP contribution in [0.1, 0.15) is 34.5 Å². The van der Waals surface area contributed by atoms with Crippen LogP contribution in [0.15, 0.2) is 65.1 Å². The lowest BCUT2D eigenvalue weighted by Crippen LogP contribution is -2.33. The summed E-state index contributed by atoms with van der Waals surface area (Å²) in [5.41, 5.74) is 1.99. The number of rotatable bonds is 7. The van der Waals surface area contributed by atoms with E-state index in [1.54, 1.807) is 48.5 Å². The van der Waals surface area contributed by atoms with Crippen LogP contribution in [0, 0.1) is 11.6 Å². The van der Waals surface area contributed by atoms with E-state index >= 15 is 0 Å². The molecule has 190 valence electrons. The van der Waals surface area contributed by atoms with E-state index in [2.05, 4.69) is 5.32 Å². The number of hydrogen-bond donors (Lipinski definition) is 2. The summed E-state index contributed by atoms with van der Waals surface area (Å²) in [6.07, 6.45) is 1.51. The van der Waals surface area contributed by atoms with Crippen molar-refractivity contribution in [3.8, 4) is 16.9 Å². The molecule has 0 spiro atoms. The van der Waals surface area contributed by atoms with Gasteiger partial charge in [0.25, 0.3) is 0 Å². The maximum Gasteiger partial charge on any atom is 0.345 e. The van der Waals surface area contributed by atoms with Gasteiger partial charge < -0.3 is 24.3 Å². The van der Waals surface area contributed by atoms with Crippen molar-refractivity contribution < 1.29 is 37.4 Å². The third-order valence-electron chi connectivity index (χ3n) is 6.17. The lowest BCUT2D eigenvalue weighted by atomic mass is 10.0. The molecule has 0 radical (unpaired) electrons. The van der Waals surface area contributed by atoms with Gasteiger partial charge in [0.15, 0.2) is 11.6 Å². The number of fused-ring (bicyclic) bond motifs is 1. The topological polar surface area (TPSA) is 98.0 Å². The van der Waals surface area contributed by atoms with Gasteiger partial charge in [-0.25, -0.2) is 18.4 Å². The van der Waals surface area contributed by atoms with Crippen LogP contribution in [-0.2, 0) is 22.7 Å². The quantitative estimate of drug-likeness (QED) is 0.272. The molecule has 4 aromatic rings. The highest BCUT2D eigenvalue weighted by Crippen LogP contribution is 2.35. The molecule has 0 aliphatic carbocycles. The van der Waals surface area contributed by atoms with Crippen LogP contribution in [0.5, 0.6) is 5.75 Å². The number of halogens is 2. The summed E-state index contributed by atoms with van der Waals surface area (Å²) in [4.78, 5) is 24.5. The summed E-state index contributed by atoms with van der Waals surface area (Å²) < 4.78 is 44.7. The molecule has 5 rings (SSSR count). The molecule has 3 aromatic carbocycles. The molecule has 0 unspecified atom stereocenters. The van der Waals surface area contributed by atoms with Gasteiger partial charge in [0.05, 0.1) is 10.9 Å². The molecule has 1 aromatic heterocycles. The number of furan rings is 1. The van der Waals surface area contributed by atoms with E-state index < -0.39 is 36.2 Å². The van der Waals surface area contributed by atoms with Crippen LogP contribution in [0.2, 0.25) is 0 Å². The number of ether oxygens (including phenoxy) is 2. The molecule has 1 atom stereocenters. The van der Waals surface area contributed by atoms with E-state index in [4.69, 9.17) is 13.9 Å². The maximum atomic E-state index is 14.2. The Hall–Kier alpha value is -4.08. The first kappa shape index (κ1) is 24.6. The lowest BCUT2D eigenvalue weighted by Gasteiger charge is -2.10. The molecule has 7 nitrogen and oxygen atoms in total. The second-order valence-corrected chi connectivity index (χ2v) is 8.70. The van der Waals surface area contributed by atoms with Crippen molar-refractivity contribution in [1.29, 1.82) is 0 Å². The molecular weight excluding hydrogens is 484 g/mol. The minimum atomic E-state index is -1.03. The van der Waals surface area contributed by atoms with Crippen molar-refractivity contribution in [2.45, 2.75) is 32.1 Å². The number of aliphatic hydroxyl groups excluding tert-OH is 1. The molecule has 37 heavy (non-hydrogen) atoms. The second kappa shape index (κ2) is 10.5. The number of esters is 2. The first-order valence-corrected chi connectivity index (χ1v) is 11.8. The summed E-state index contributed by atoms with van der Waals surface area (Å²) in [5.74, 6) is -2.71. The Bertz CT molecular complexity index is 1460. The third kappa shape index (κ3) is 5.23. The zero-order valence-corrected chi connectivity index (χ0v) is 19.6. The fourth-order valence-electron chi connectivity index (χ4n) is 4.27. The van der Waals surface area contributed by atoms with E-state index in [9.17, 15) is 23.5 Å². The molecular formula is C28H23F2NO6. The summed E-state index contributed by atoms with van der Waals surface area (Å²) in [6.45, 7) is 0.432. The molecule has 9 heteroatoms. The fraction of sp³-hybridized carbons (Fsp3) is 0.214. The molecule has 0 saturated carbocycles. The van der Waals surface area contributed by atoms with E-state index in [1.807, 2.05) is 0 Å². The van der Waals surface area contributed by atoms with Crippen molar-refractivity contribution >= 4 is 22.9 Å². The third-order valence-corrected chi connectivity index (χ3v) is 6.17. The van der Waals surface area contributed by atoms with Gasteiger partial charge in [0.1, 0.15) is 36.3 Å². The largest absolute Gasteiger partial charge is 0.489 e. The fourth-order valence-corrected chi connectivity index (χ4v) is 4.27. The van der Waals surface area contributed by atoms with E-state index in [-0.39, 0.29) is 28.9 Å². The number of hydrogen-bond acceptors (Lipinski definition) is 7. The highest BCUT2D eigenvalue weighted by molar-refractivity contribution is 5.98. The molecule has 0 bridgehead atoms. The van der Waals surface area contributed by atoms with Gasteiger partial charge in [-0.2, -0.15) is 0 Å². The van der Waals surface area contributed by atoms with Gasteiger partial charge in [0, 0.05) is 5.56 Å². The van der Waals surface area contributed by atoms with Crippen molar-refractivity contribution in [1.82, 2.24) is 5.32 Å². The second-order valence-electron chi connectivity index (χ2n) is 8.70. The predicted molar refractivity (Wildman–Crippen MR) is 130 cm³/mol. The SMILES string of the molecule is O=C(OC(=O)[C@@H]1CCCN1)c1cccc(COc2ccc(-c3cc(F)c(F)c4cc(CO)oc34)cc2)c1. The number of carbonyl (C=O) groups excluding carboxylic acids is 2. The number of benzene rings is 3. The number of carbonyl (C=O) groups is 2. The van der Waals surface area contributed by atoms with Crippen molar-refractivity contribution in [3.63, 3.8) is 0 Å². The Morgan fingerprint density at radius 2 is 1.89 bits per heavy atom. The normalized spacial score (nSPS) is 15.2. The zero-order chi connectivity index (χ0) is 25.9. The Labute approximate surface area is 210 Å². The van der Waals surface area contributed by atoms with Crippen molar-refractivity contribution in [3.05, 3.63) is 89.2 Å². The molecule has 2 N–H and O–H groups in total.